The molecule has 10 heteroatoms. The number of benzene rings is 1. The molecular formula is C22H27N5O3S2. The van der Waals surface area contributed by atoms with Crippen molar-refractivity contribution in [1.82, 2.24) is 19.7 Å². The smallest absolute Gasteiger partial charge is 0.228 e. The van der Waals surface area contributed by atoms with Crippen LogP contribution in [0.25, 0.3) is 10.6 Å². The first-order chi connectivity index (χ1) is 15.8. The van der Waals surface area contributed by atoms with E-state index >= 15 is 0 Å². The lowest BCUT2D eigenvalue weighted by Gasteiger charge is -2.28. The quantitative estimate of drug-likeness (QED) is 0.459. The Hall–Kier alpha value is -2.14. The van der Waals surface area contributed by atoms with E-state index in [0.29, 0.717) is 0 Å². The predicted molar refractivity (Wildman–Crippen MR) is 126 cm³/mol. The van der Waals surface area contributed by atoms with Gasteiger partial charge in [-0.2, -0.15) is 0 Å². The molecule has 0 spiro atoms. The number of thioether (sulfide) groups is 1. The topological polar surface area (TPSA) is 74.5 Å². The minimum Gasteiger partial charge on any atom is -0.497 e. The fourth-order valence-corrected chi connectivity index (χ4v) is 5.69. The van der Waals surface area contributed by atoms with E-state index in [1.54, 1.807) is 30.2 Å². The zero-order valence-corrected chi connectivity index (χ0v) is 19.7. The van der Waals surface area contributed by atoms with E-state index < -0.39 is 0 Å². The zero-order valence-electron chi connectivity index (χ0n) is 18.1. The van der Waals surface area contributed by atoms with Gasteiger partial charge in [0.05, 0.1) is 38.7 Å². The summed E-state index contributed by atoms with van der Waals surface area (Å²) >= 11 is 3.33. The Morgan fingerprint density at radius 3 is 2.94 bits per heavy atom. The summed E-state index contributed by atoms with van der Waals surface area (Å²) in [4.78, 5) is 7.10. The number of anilines is 1. The molecule has 0 unspecified atom stereocenters. The lowest BCUT2D eigenvalue weighted by atomic mass is 10.2. The molecule has 5 rings (SSSR count). The first-order valence-electron chi connectivity index (χ1n) is 10.9. The van der Waals surface area contributed by atoms with E-state index in [-0.39, 0.29) is 6.10 Å². The van der Waals surface area contributed by atoms with E-state index in [9.17, 15) is 0 Å². The first kappa shape index (κ1) is 21.7. The van der Waals surface area contributed by atoms with Gasteiger partial charge in [0.25, 0.3) is 0 Å². The highest BCUT2D eigenvalue weighted by Crippen LogP contribution is 2.31. The van der Waals surface area contributed by atoms with Crippen LogP contribution in [-0.2, 0) is 21.8 Å². The van der Waals surface area contributed by atoms with Crippen LogP contribution < -0.4 is 9.64 Å². The highest BCUT2D eigenvalue weighted by Gasteiger charge is 2.25. The van der Waals surface area contributed by atoms with Crippen LogP contribution in [0.2, 0.25) is 0 Å². The summed E-state index contributed by atoms with van der Waals surface area (Å²) in [5, 5.41) is 13.1. The molecule has 1 aromatic carbocycles. The standard InChI is InChI=1S/C22H27N5O3S2/c1-28-18-5-2-4-16(12-18)20-23-17(14-31-20)15-32-22-25-24-21(26-7-10-29-11-8-26)27(22)13-19-6-3-9-30-19/h2,4-5,12,14,19H,3,6-11,13,15H2,1H3/t19-/m1/s1. The van der Waals surface area contributed by atoms with Crippen molar-refractivity contribution < 1.29 is 14.2 Å². The Labute approximate surface area is 195 Å². The molecule has 32 heavy (non-hydrogen) atoms. The molecule has 3 aromatic rings. The van der Waals surface area contributed by atoms with Gasteiger partial charge in [-0.25, -0.2) is 4.98 Å². The fraction of sp³-hybridized carbons (Fsp3) is 0.500. The van der Waals surface area contributed by atoms with Gasteiger partial charge >= 0.3 is 0 Å². The third kappa shape index (κ3) is 4.93. The van der Waals surface area contributed by atoms with Crippen molar-refractivity contribution in [2.75, 3.05) is 44.9 Å². The Morgan fingerprint density at radius 1 is 1.22 bits per heavy atom. The second-order valence-electron chi connectivity index (χ2n) is 7.79. The number of rotatable bonds is 8. The van der Waals surface area contributed by atoms with Gasteiger partial charge in [0, 0.05) is 36.4 Å². The van der Waals surface area contributed by atoms with E-state index in [1.165, 1.54) is 0 Å². The number of hydrogen-bond donors (Lipinski definition) is 0. The molecule has 0 saturated carbocycles. The molecule has 2 aliphatic heterocycles. The van der Waals surface area contributed by atoms with Gasteiger partial charge < -0.3 is 19.1 Å². The van der Waals surface area contributed by atoms with Crippen LogP contribution in [0, 0.1) is 0 Å². The Morgan fingerprint density at radius 2 is 2.12 bits per heavy atom. The summed E-state index contributed by atoms with van der Waals surface area (Å²) in [6, 6.07) is 8.01. The SMILES string of the molecule is COc1cccc(-c2nc(CSc3nnc(N4CCOCC4)n3C[C@H]3CCCO3)cs2)c1. The highest BCUT2D eigenvalue weighted by atomic mass is 32.2. The van der Waals surface area contributed by atoms with E-state index in [4.69, 9.17) is 19.2 Å². The molecule has 2 aliphatic rings. The van der Waals surface area contributed by atoms with Gasteiger partial charge in [0.1, 0.15) is 10.8 Å². The summed E-state index contributed by atoms with van der Waals surface area (Å²) < 4.78 is 19.0. The lowest BCUT2D eigenvalue weighted by molar-refractivity contribution is 0.0942. The second kappa shape index (κ2) is 10.2. The summed E-state index contributed by atoms with van der Waals surface area (Å²) in [6.07, 6.45) is 2.43. The normalized spacial score (nSPS) is 18.9. The van der Waals surface area contributed by atoms with E-state index in [0.717, 1.165) is 91.2 Å². The number of ether oxygens (including phenoxy) is 3. The molecule has 4 heterocycles. The van der Waals surface area contributed by atoms with Crippen molar-refractivity contribution in [3.63, 3.8) is 0 Å². The molecule has 1 atom stereocenters. The van der Waals surface area contributed by atoms with Gasteiger partial charge in [-0.05, 0) is 25.0 Å². The minimum atomic E-state index is 0.226. The molecule has 0 aliphatic carbocycles. The lowest BCUT2D eigenvalue weighted by Crippen LogP contribution is -2.38. The van der Waals surface area contributed by atoms with Gasteiger partial charge in [-0.3, -0.25) is 4.57 Å². The first-order valence-corrected chi connectivity index (χ1v) is 12.8. The van der Waals surface area contributed by atoms with Gasteiger partial charge in [-0.15, -0.1) is 21.5 Å². The van der Waals surface area contributed by atoms with Crippen LogP contribution in [0.5, 0.6) is 5.75 Å². The van der Waals surface area contributed by atoms with E-state index in [2.05, 4.69) is 31.1 Å². The number of nitrogens with zero attached hydrogens (tertiary/aromatic N) is 5. The van der Waals surface area contributed by atoms with Crippen LogP contribution in [0.3, 0.4) is 0 Å². The van der Waals surface area contributed by atoms with Crippen LogP contribution in [0.15, 0.2) is 34.8 Å². The van der Waals surface area contributed by atoms with Gasteiger partial charge in [-0.1, -0.05) is 23.9 Å². The van der Waals surface area contributed by atoms with Crippen molar-refractivity contribution in [3.8, 4) is 16.3 Å². The van der Waals surface area contributed by atoms with Crippen LogP contribution in [-0.4, -0.2) is 65.9 Å². The van der Waals surface area contributed by atoms with Crippen LogP contribution >= 0.6 is 23.1 Å². The highest BCUT2D eigenvalue weighted by molar-refractivity contribution is 7.98. The summed E-state index contributed by atoms with van der Waals surface area (Å²) in [5.74, 6) is 2.50. The monoisotopic (exact) mass is 473 g/mol. The number of morpholine rings is 1. The van der Waals surface area contributed by atoms with Gasteiger partial charge in [0.15, 0.2) is 5.16 Å². The molecule has 0 radical (unpaired) electrons. The second-order valence-corrected chi connectivity index (χ2v) is 9.59. The molecule has 2 saturated heterocycles. The predicted octanol–water partition coefficient (Wildman–Crippen LogP) is 3.72. The third-order valence-electron chi connectivity index (χ3n) is 5.62. The molecule has 170 valence electrons. The van der Waals surface area contributed by atoms with Crippen LogP contribution in [0.4, 0.5) is 5.95 Å². The molecule has 2 aromatic heterocycles. The largest absolute Gasteiger partial charge is 0.497 e. The molecule has 0 amide bonds. The maximum Gasteiger partial charge on any atom is 0.228 e. The van der Waals surface area contributed by atoms with Crippen molar-refractivity contribution in [1.29, 1.82) is 0 Å². The molecule has 8 nitrogen and oxygen atoms in total. The third-order valence-corrected chi connectivity index (χ3v) is 7.56. The molecular weight excluding hydrogens is 446 g/mol. The maximum absolute atomic E-state index is 5.91. The number of hydrogen-bond acceptors (Lipinski definition) is 9. The average Bonchev–Trinajstić information content (AvgIpc) is 3.60. The summed E-state index contributed by atoms with van der Waals surface area (Å²) in [6.45, 7) is 4.75. The summed E-state index contributed by atoms with van der Waals surface area (Å²) in [5.41, 5.74) is 2.11. The van der Waals surface area contributed by atoms with E-state index in [1.807, 2.05) is 18.2 Å². The van der Waals surface area contributed by atoms with Gasteiger partial charge in [0.2, 0.25) is 5.95 Å². The van der Waals surface area contributed by atoms with Crippen molar-refractivity contribution in [3.05, 3.63) is 35.3 Å². The fourth-order valence-electron chi connectivity index (χ4n) is 3.94. The van der Waals surface area contributed by atoms with Crippen molar-refractivity contribution >= 4 is 29.0 Å². The average molecular weight is 474 g/mol. The zero-order chi connectivity index (χ0) is 21.8. The number of methoxy groups -OCH3 is 1. The number of thiazole rings is 1. The van der Waals surface area contributed by atoms with Crippen molar-refractivity contribution in [2.45, 2.75) is 36.4 Å². The Bertz CT molecular complexity index is 1030. The summed E-state index contributed by atoms with van der Waals surface area (Å²) in [7, 11) is 1.68. The minimum absolute atomic E-state index is 0.226. The molecule has 0 N–H and O–H groups in total. The molecule has 2 fully saturated rings. The number of aromatic nitrogens is 4. The Kier molecular flexibility index (Phi) is 6.92. The van der Waals surface area contributed by atoms with Crippen LogP contribution in [0.1, 0.15) is 18.5 Å². The molecule has 0 bridgehead atoms. The van der Waals surface area contributed by atoms with Crippen molar-refractivity contribution in [2.24, 2.45) is 0 Å². The maximum atomic E-state index is 5.91. The Balaban J connectivity index is 1.31.